The van der Waals surface area contributed by atoms with Crippen LogP contribution in [0.3, 0.4) is 0 Å². The summed E-state index contributed by atoms with van der Waals surface area (Å²) in [5.41, 5.74) is 4.80. The Kier molecular flexibility index (Phi) is 7.53. The van der Waals surface area contributed by atoms with E-state index in [-0.39, 0.29) is 45.5 Å². The molecule has 0 aromatic rings. The molecule has 13 unspecified atom stereocenters. The van der Waals surface area contributed by atoms with Gasteiger partial charge in [-0.3, -0.25) is 9.59 Å². The highest BCUT2D eigenvalue weighted by Gasteiger charge is 2.83. The maximum Gasteiger partial charge on any atom is 0.407 e. The second-order valence-electron chi connectivity index (χ2n) is 17.0. The number of carbonyl (C=O) groups excluding carboxylic acids is 2. The summed E-state index contributed by atoms with van der Waals surface area (Å²) >= 11 is 0. The normalized spacial score (nSPS) is 48.3. The van der Waals surface area contributed by atoms with Gasteiger partial charge in [-0.15, -0.1) is 0 Å². The highest BCUT2D eigenvalue weighted by molar-refractivity contribution is 5.76. The van der Waals surface area contributed by atoms with Crippen molar-refractivity contribution in [3.63, 3.8) is 0 Å². The lowest BCUT2D eigenvalue weighted by Crippen LogP contribution is -2.80. The zero-order valence-electron chi connectivity index (χ0n) is 27.9. The van der Waals surface area contributed by atoms with Crippen molar-refractivity contribution in [2.75, 3.05) is 6.54 Å². The van der Waals surface area contributed by atoms with E-state index in [1.54, 1.807) is 13.8 Å². The molecule has 1 amide bonds. The quantitative estimate of drug-likeness (QED) is 0.272. The van der Waals surface area contributed by atoms with Gasteiger partial charge in [-0.1, -0.05) is 27.7 Å². The third-order valence-corrected chi connectivity index (χ3v) is 14.5. The van der Waals surface area contributed by atoms with Crippen molar-refractivity contribution in [2.45, 2.75) is 141 Å². The monoisotopic (exact) mass is 634 g/mol. The number of hydrogen-bond acceptors (Lipinski definition) is 9. The van der Waals surface area contributed by atoms with E-state index < -0.39 is 60.1 Å². The van der Waals surface area contributed by atoms with Gasteiger partial charge in [0, 0.05) is 12.3 Å². The average molecular weight is 635 g/mol. The van der Waals surface area contributed by atoms with Gasteiger partial charge in [0.05, 0.1) is 29.5 Å². The third kappa shape index (κ3) is 4.31. The summed E-state index contributed by atoms with van der Waals surface area (Å²) in [6.45, 7) is 12.9. The number of alkyl carbamates (subject to hydrolysis) is 1. The summed E-state index contributed by atoms with van der Waals surface area (Å²) in [4.78, 5) is 35.4. The minimum Gasteiger partial charge on any atom is -0.480 e. The number of aliphatic hydroxyl groups excluding tert-OH is 1. The summed E-state index contributed by atoms with van der Waals surface area (Å²) < 4.78 is 18.2. The Bertz CT molecular complexity index is 1250. The molecule has 1 aliphatic heterocycles. The fourth-order valence-corrected chi connectivity index (χ4v) is 12.7. The summed E-state index contributed by atoms with van der Waals surface area (Å²) in [7, 11) is 0. The Balaban J connectivity index is 1.26. The van der Waals surface area contributed by atoms with Gasteiger partial charge in [0.25, 0.3) is 0 Å². The van der Waals surface area contributed by atoms with Gasteiger partial charge in [0.1, 0.15) is 12.6 Å². The van der Waals surface area contributed by atoms with Crippen LogP contribution in [-0.4, -0.2) is 81.6 Å². The first-order valence-electron chi connectivity index (χ1n) is 16.9. The third-order valence-electron chi connectivity index (χ3n) is 14.5. The number of aliphatic hydroxyl groups is 2. The molecular formula is C34H54N2O9. The van der Waals surface area contributed by atoms with E-state index in [1.165, 1.54) is 6.92 Å². The zero-order valence-corrected chi connectivity index (χ0v) is 27.9. The fourth-order valence-electron chi connectivity index (χ4n) is 12.7. The van der Waals surface area contributed by atoms with Gasteiger partial charge in [-0.05, 0) is 105 Å². The van der Waals surface area contributed by atoms with Crippen LogP contribution in [-0.2, 0) is 23.8 Å². The van der Waals surface area contributed by atoms with Crippen molar-refractivity contribution >= 4 is 18.0 Å². The molecular weight excluding hydrogens is 580 g/mol. The number of nitrogens with two attached hydrogens (primary N) is 1. The number of carboxylic acids is 1. The predicted molar refractivity (Wildman–Crippen MR) is 163 cm³/mol. The van der Waals surface area contributed by atoms with Crippen molar-refractivity contribution in [1.29, 1.82) is 0 Å². The predicted octanol–water partition coefficient (Wildman–Crippen LogP) is 3.37. The molecule has 11 nitrogen and oxygen atoms in total. The fraction of sp³-hybridized carbons (Fsp3) is 0.912. The topological polar surface area (TPSA) is 178 Å². The van der Waals surface area contributed by atoms with Crippen LogP contribution in [0.5, 0.6) is 0 Å². The highest BCUT2D eigenvalue weighted by Crippen LogP contribution is 2.84. The number of fused-ring (bicyclic) bond motifs is 4. The molecule has 1 saturated heterocycles. The molecule has 6 aliphatic carbocycles. The molecule has 7 rings (SSSR count). The first kappa shape index (κ1) is 33.0. The van der Waals surface area contributed by atoms with Crippen molar-refractivity contribution in [1.82, 2.24) is 5.32 Å². The molecule has 11 heteroatoms. The molecule has 1 heterocycles. The van der Waals surface area contributed by atoms with Crippen LogP contribution < -0.4 is 11.1 Å². The van der Waals surface area contributed by atoms with Crippen molar-refractivity contribution in [3.05, 3.63) is 0 Å². The summed E-state index contributed by atoms with van der Waals surface area (Å²) in [6.07, 6.45) is 3.03. The number of carbonyl (C=O) groups is 3. The van der Waals surface area contributed by atoms with E-state index in [0.717, 1.165) is 38.5 Å². The van der Waals surface area contributed by atoms with Gasteiger partial charge in [0.2, 0.25) is 0 Å². The van der Waals surface area contributed by atoms with Gasteiger partial charge < -0.3 is 40.6 Å². The summed E-state index contributed by atoms with van der Waals surface area (Å²) in [5.74, 6) is -0.923. The van der Waals surface area contributed by atoms with Crippen molar-refractivity contribution < 1.29 is 43.9 Å². The molecule has 2 bridgehead atoms. The summed E-state index contributed by atoms with van der Waals surface area (Å²) in [5, 5.41) is 34.6. The van der Waals surface area contributed by atoms with Crippen LogP contribution in [0.1, 0.15) is 99.8 Å². The maximum absolute atomic E-state index is 12.5. The largest absolute Gasteiger partial charge is 0.480 e. The Morgan fingerprint density at radius 3 is 2.40 bits per heavy atom. The van der Waals surface area contributed by atoms with Crippen molar-refractivity contribution in [3.8, 4) is 0 Å². The number of hydrogen-bond donors (Lipinski definition) is 5. The van der Waals surface area contributed by atoms with Crippen molar-refractivity contribution in [2.24, 2.45) is 51.1 Å². The second-order valence-corrected chi connectivity index (χ2v) is 17.0. The van der Waals surface area contributed by atoms with Crippen LogP contribution in [0.4, 0.5) is 4.79 Å². The van der Waals surface area contributed by atoms with Crippen LogP contribution in [0.15, 0.2) is 0 Å². The number of aliphatic carboxylic acids is 1. The average Bonchev–Trinajstić information content (AvgIpc) is 3.11. The number of carboxylic acid groups (broad SMARTS) is 1. The standard InChI is InChI=1S/C34H54N2O9/c1-17-14-19(27(30(5,6)42)43-18(2)37)44-25-24(17)31(7)12-13-32-16-33(11-10-21(32)34(31,35)26(25)40)20(32)8-9-22(29(33,3)4)45-28(41)36-15-23(38)39/h17,19-22,24-27,40,42H,8-16,35H2,1-7H3,(H,36,41)(H,38,39). The molecule has 0 aromatic carbocycles. The Hall–Kier alpha value is -1.95. The first-order valence-corrected chi connectivity index (χ1v) is 16.9. The molecule has 7 aliphatic rings. The number of rotatable bonds is 6. The Morgan fingerprint density at radius 1 is 1.09 bits per heavy atom. The lowest BCUT2D eigenvalue weighted by molar-refractivity contribution is -0.329. The SMILES string of the molecule is CC(=O)OC(C1CC(C)C2C(O1)C(O)C1(N)C3CCC45CC3(CCC21C)C4CCC(OC(=O)NCC(=O)O)C5(C)C)C(C)(C)O. The molecule has 0 aromatic heterocycles. The van der Waals surface area contributed by atoms with E-state index in [9.17, 15) is 24.6 Å². The van der Waals surface area contributed by atoms with E-state index >= 15 is 0 Å². The van der Waals surface area contributed by atoms with Gasteiger partial charge in [0.15, 0.2) is 6.10 Å². The van der Waals surface area contributed by atoms with E-state index in [2.05, 4.69) is 33.0 Å². The van der Waals surface area contributed by atoms with Crippen LogP contribution in [0.25, 0.3) is 0 Å². The van der Waals surface area contributed by atoms with Gasteiger partial charge in [-0.25, -0.2) is 4.79 Å². The Labute approximate surface area is 266 Å². The molecule has 254 valence electrons. The van der Waals surface area contributed by atoms with E-state index in [4.69, 9.17) is 25.1 Å². The number of nitrogens with one attached hydrogen (secondary N) is 1. The lowest BCUT2D eigenvalue weighted by atomic mass is 9.24. The maximum atomic E-state index is 12.5. The van der Waals surface area contributed by atoms with Crippen LogP contribution in [0, 0.1) is 45.3 Å². The van der Waals surface area contributed by atoms with Gasteiger partial charge in [-0.2, -0.15) is 0 Å². The molecule has 6 saturated carbocycles. The van der Waals surface area contributed by atoms with E-state index in [1.807, 2.05) is 0 Å². The zero-order chi connectivity index (χ0) is 33.1. The van der Waals surface area contributed by atoms with Crippen LogP contribution >= 0.6 is 0 Å². The number of ether oxygens (including phenoxy) is 3. The van der Waals surface area contributed by atoms with Gasteiger partial charge >= 0.3 is 18.0 Å². The van der Waals surface area contributed by atoms with Crippen LogP contribution in [0.2, 0.25) is 0 Å². The molecule has 7 fully saturated rings. The lowest BCUT2D eigenvalue weighted by Gasteiger charge is -2.81. The minimum atomic E-state index is -1.32. The number of amides is 1. The highest BCUT2D eigenvalue weighted by atomic mass is 16.6. The number of esters is 1. The molecule has 45 heavy (non-hydrogen) atoms. The molecule has 2 spiro atoms. The molecule has 6 N–H and O–H groups in total. The first-order chi connectivity index (χ1) is 20.8. The molecule has 0 radical (unpaired) electrons. The Morgan fingerprint density at radius 2 is 1.78 bits per heavy atom. The van der Waals surface area contributed by atoms with E-state index in [0.29, 0.717) is 18.8 Å². The second kappa shape index (κ2) is 10.3. The summed E-state index contributed by atoms with van der Waals surface area (Å²) in [6, 6.07) is 0. The molecule has 13 atom stereocenters. The smallest absolute Gasteiger partial charge is 0.407 e. The minimum absolute atomic E-state index is 0.00913.